The lowest BCUT2D eigenvalue weighted by molar-refractivity contribution is -0.385. The van der Waals surface area contributed by atoms with E-state index in [1.807, 2.05) is 0 Å². The monoisotopic (exact) mass is 709 g/mol. The van der Waals surface area contributed by atoms with Crippen molar-refractivity contribution in [1.29, 1.82) is 0 Å². The molecule has 14 nitrogen and oxygen atoms in total. The molecule has 19 heteroatoms. The molecule has 4 atom stereocenters. The molecule has 0 aliphatic carbocycles. The highest BCUT2D eigenvalue weighted by atomic mass is 31.2. The average molecular weight is 710 g/mol. The molecule has 0 bridgehead atoms. The molecule has 0 radical (unpaired) electrons. The Morgan fingerprint density at radius 2 is 1.86 bits per heavy atom. The van der Waals surface area contributed by atoms with E-state index in [0.29, 0.717) is 10.1 Å². The molecule has 4 aromatic rings. The lowest BCUT2D eigenvalue weighted by Gasteiger charge is -2.22. The van der Waals surface area contributed by atoms with Gasteiger partial charge in [-0.05, 0) is 53.6 Å². The van der Waals surface area contributed by atoms with E-state index in [9.17, 15) is 42.1 Å². The van der Waals surface area contributed by atoms with Crippen LogP contribution >= 0.6 is 7.75 Å². The SMILES string of the molecule is CCNP(=O)(OCc1ccc([N+](=O)[O-])c(Oc2ccc(-c3ccc(F)cc3)c(F)c2)c1)OCC1OC(n2ccc(N)nc2=O)C(F)(F)C1O. The third-order valence-electron chi connectivity index (χ3n) is 7.19. The summed E-state index contributed by atoms with van der Waals surface area (Å²) in [6.07, 6.45) is -5.61. The van der Waals surface area contributed by atoms with Crippen molar-refractivity contribution in [2.75, 3.05) is 18.9 Å². The Bertz CT molecular complexity index is 1950. The van der Waals surface area contributed by atoms with Crippen molar-refractivity contribution in [2.45, 2.75) is 37.9 Å². The molecule has 5 rings (SSSR count). The minimum absolute atomic E-state index is 0.0186. The van der Waals surface area contributed by atoms with Gasteiger partial charge in [-0.25, -0.2) is 23.2 Å². The van der Waals surface area contributed by atoms with Crippen molar-refractivity contribution in [3.8, 4) is 22.6 Å². The van der Waals surface area contributed by atoms with E-state index < -0.39 is 73.3 Å². The van der Waals surface area contributed by atoms with Crippen LogP contribution in [-0.2, 0) is 25.0 Å². The van der Waals surface area contributed by atoms with Crippen LogP contribution in [0.4, 0.5) is 29.1 Å². The van der Waals surface area contributed by atoms with Crippen LogP contribution in [-0.4, -0.2) is 50.9 Å². The van der Waals surface area contributed by atoms with Crippen LogP contribution in [0.3, 0.4) is 0 Å². The lowest BCUT2D eigenvalue weighted by atomic mass is 10.0. The second-order valence-electron chi connectivity index (χ2n) is 10.6. The number of hydrogen-bond donors (Lipinski definition) is 3. The Kier molecular flexibility index (Phi) is 10.5. The second kappa shape index (κ2) is 14.4. The third-order valence-corrected chi connectivity index (χ3v) is 8.85. The Morgan fingerprint density at radius 1 is 1.12 bits per heavy atom. The number of halogens is 4. The van der Waals surface area contributed by atoms with E-state index in [0.717, 1.165) is 24.4 Å². The molecule has 1 saturated heterocycles. The number of benzene rings is 3. The fourth-order valence-corrected chi connectivity index (χ4v) is 6.10. The zero-order valence-electron chi connectivity index (χ0n) is 25.4. The van der Waals surface area contributed by atoms with Gasteiger partial charge < -0.3 is 20.3 Å². The molecule has 1 fully saturated rings. The van der Waals surface area contributed by atoms with Gasteiger partial charge in [0.1, 0.15) is 29.3 Å². The number of anilines is 1. The molecule has 260 valence electrons. The zero-order chi connectivity index (χ0) is 35.5. The molecular weight excluding hydrogens is 681 g/mol. The van der Waals surface area contributed by atoms with Gasteiger partial charge in [0.05, 0.1) is 18.1 Å². The third kappa shape index (κ3) is 7.96. The predicted octanol–water partition coefficient (Wildman–Crippen LogP) is 5.32. The number of nitrogens with one attached hydrogen (secondary N) is 1. The van der Waals surface area contributed by atoms with Crippen LogP contribution in [0.5, 0.6) is 11.5 Å². The summed E-state index contributed by atoms with van der Waals surface area (Å²) in [5.74, 6) is -5.87. The van der Waals surface area contributed by atoms with Crippen LogP contribution < -0.4 is 21.2 Å². The number of nitro groups is 1. The number of aliphatic hydroxyl groups excluding tert-OH is 1. The number of rotatable bonds is 13. The van der Waals surface area contributed by atoms with E-state index in [-0.39, 0.29) is 35.0 Å². The quantitative estimate of drug-likeness (QED) is 0.0703. The van der Waals surface area contributed by atoms with Crippen LogP contribution in [0.25, 0.3) is 11.1 Å². The van der Waals surface area contributed by atoms with Gasteiger partial charge in [0, 0.05) is 30.4 Å². The number of hydrogen-bond acceptors (Lipinski definition) is 11. The van der Waals surface area contributed by atoms with Gasteiger partial charge >= 0.3 is 25.0 Å². The highest BCUT2D eigenvalue weighted by molar-refractivity contribution is 7.51. The summed E-state index contributed by atoms with van der Waals surface area (Å²) in [6, 6.07) is 13.4. The maximum Gasteiger partial charge on any atom is 0.405 e. The largest absolute Gasteiger partial charge is 0.450 e. The van der Waals surface area contributed by atoms with Crippen molar-refractivity contribution >= 4 is 19.3 Å². The molecule has 1 aliphatic heterocycles. The number of aromatic nitrogens is 2. The molecule has 1 aromatic heterocycles. The van der Waals surface area contributed by atoms with E-state index >= 15 is 0 Å². The van der Waals surface area contributed by atoms with E-state index in [1.54, 1.807) is 6.92 Å². The maximum atomic E-state index is 14.9. The molecule has 0 saturated carbocycles. The Morgan fingerprint density at radius 3 is 2.51 bits per heavy atom. The van der Waals surface area contributed by atoms with Gasteiger partial charge in [-0.2, -0.15) is 13.8 Å². The molecular formula is C30H28F4N5O9P. The topological polar surface area (TPSA) is 190 Å². The van der Waals surface area contributed by atoms with E-state index in [1.165, 1.54) is 48.5 Å². The number of nitrogen functional groups attached to an aromatic ring is 1. The highest BCUT2D eigenvalue weighted by Crippen LogP contribution is 2.48. The molecule has 4 unspecified atom stereocenters. The Balaban J connectivity index is 1.29. The van der Waals surface area contributed by atoms with Crippen LogP contribution in [0.1, 0.15) is 18.7 Å². The minimum Gasteiger partial charge on any atom is -0.450 e. The molecule has 49 heavy (non-hydrogen) atoms. The number of ether oxygens (including phenoxy) is 2. The van der Waals surface area contributed by atoms with Crippen molar-refractivity contribution < 1.29 is 50.7 Å². The number of nitrogens with zero attached hydrogens (tertiary/aromatic N) is 3. The number of nitrogens with two attached hydrogens (primary N) is 1. The first-order valence-electron chi connectivity index (χ1n) is 14.4. The van der Waals surface area contributed by atoms with Crippen LogP contribution in [0, 0.1) is 21.7 Å². The van der Waals surface area contributed by atoms with Gasteiger partial charge in [-0.15, -0.1) is 0 Å². The summed E-state index contributed by atoms with van der Waals surface area (Å²) in [4.78, 5) is 26.5. The van der Waals surface area contributed by atoms with Gasteiger partial charge in [-0.3, -0.25) is 23.7 Å². The fourth-order valence-electron chi connectivity index (χ4n) is 4.79. The van der Waals surface area contributed by atoms with Crippen molar-refractivity contribution in [1.82, 2.24) is 14.6 Å². The first-order chi connectivity index (χ1) is 23.2. The van der Waals surface area contributed by atoms with Crippen LogP contribution in [0.2, 0.25) is 0 Å². The van der Waals surface area contributed by atoms with Crippen LogP contribution in [0.15, 0.2) is 77.7 Å². The number of nitro benzene ring substituents is 1. The summed E-state index contributed by atoms with van der Waals surface area (Å²) in [6.45, 7) is 0.187. The summed E-state index contributed by atoms with van der Waals surface area (Å²) < 4.78 is 93.5. The molecule has 4 N–H and O–H groups in total. The standard InChI is InChI=1S/C30H28F4N5O9P/c1-2-36-49(44,46-16-25-27(40)30(33,34)28(48-25)38-12-11-26(35)37-29(38)41)45-15-17-3-10-23(39(42)43)24(13-17)47-20-8-9-21(22(32)14-20)18-4-6-19(31)7-5-18/h3-14,25,27-28,40H,2,15-16H2,1H3,(H,36,44)(H2,35,37,41). The molecule has 0 spiro atoms. The average Bonchev–Trinajstić information content (AvgIpc) is 3.27. The van der Waals surface area contributed by atoms with Gasteiger partial charge in [0.2, 0.25) is 12.0 Å². The number of aliphatic hydroxyl groups is 1. The molecule has 0 amide bonds. The smallest absolute Gasteiger partial charge is 0.405 e. The van der Waals surface area contributed by atoms with Gasteiger partial charge in [0.15, 0.2) is 6.10 Å². The molecule has 3 aromatic carbocycles. The minimum atomic E-state index is -4.30. The summed E-state index contributed by atoms with van der Waals surface area (Å²) >= 11 is 0. The maximum absolute atomic E-state index is 14.9. The predicted molar refractivity (Wildman–Crippen MR) is 165 cm³/mol. The van der Waals surface area contributed by atoms with Crippen molar-refractivity contribution in [2.24, 2.45) is 0 Å². The summed E-state index contributed by atoms with van der Waals surface area (Å²) in [5, 5.41) is 24.4. The molecule has 2 heterocycles. The first kappa shape index (κ1) is 35.6. The second-order valence-corrected chi connectivity index (χ2v) is 12.4. The van der Waals surface area contributed by atoms with Gasteiger partial charge in [-0.1, -0.05) is 19.1 Å². The summed E-state index contributed by atoms with van der Waals surface area (Å²) in [5.41, 5.74) is 4.47. The summed E-state index contributed by atoms with van der Waals surface area (Å²) in [7, 11) is -4.30. The Hall–Kier alpha value is -4.71. The highest BCUT2D eigenvalue weighted by Gasteiger charge is 2.60. The number of alkyl halides is 2. The van der Waals surface area contributed by atoms with Crippen molar-refractivity contribution in [3.05, 3.63) is 111 Å². The lowest BCUT2D eigenvalue weighted by Crippen LogP contribution is -2.42. The van der Waals surface area contributed by atoms with E-state index in [4.69, 9.17) is 24.3 Å². The van der Waals surface area contributed by atoms with E-state index in [2.05, 4.69) is 10.1 Å². The Labute approximate surface area is 274 Å². The van der Waals surface area contributed by atoms with Gasteiger partial charge in [0.25, 0.3) is 0 Å². The normalized spacial score (nSPS) is 19.8. The van der Waals surface area contributed by atoms with Crippen molar-refractivity contribution in [3.63, 3.8) is 0 Å². The fraction of sp³-hybridized carbons (Fsp3) is 0.267. The molecule has 1 aliphatic rings. The zero-order valence-corrected chi connectivity index (χ0v) is 26.3. The first-order valence-corrected chi connectivity index (χ1v) is 16.0.